The van der Waals surface area contributed by atoms with E-state index in [1.165, 1.54) is 17.3 Å². The molecule has 0 bridgehead atoms. The molecule has 1 amide bonds. The lowest BCUT2D eigenvalue weighted by atomic mass is 10.2. The van der Waals surface area contributed by atoms with E-state index in [0.717, 1.165) is 11.5 Å². The average Bonchev–Trinajstić information content (AvgIpc) is 3.32. The minimum Gasteiger partial charge on any atom is -0.352 e. The van der Waals surface area contributed by atoms with Crippen molar-refractivity contribution in [2.75, 3.05) is 6.54 Å². The Hall–Kier alpha value is -3.62. The van der Waals surface area contributed by atoms with Crippen molar-refractivity contribution in [3.63, 3.8) is 0 Å². The van der Waals surface area contributed by atoms with Gasteiger partial charge in [0.2, 0.25) is 0 Å². The number of fused-ring (bicyclic) bond motifs is 1. The van der Waals surface area contributed by atoms with Gasteiger partial charge in [0.05, 0.1) is 0 Å². The third-order valence-electron chi connectivity index (χ3n) is 3.68. The lowest BCUT2D eigenvalue weighted by Gasteiger charge is -2.06. The number of nitrogens with one attached hydrogen (secondary N) is 1. The number of pyridine rings is 2. The first-order chi connectivity index (χ1) is 12.3. The topological polar surface area (TPSA) is 103 Å². The summed E-state index contributed by atoms with van der Waals surface area (Å²) in [6.07, 6.45) is 6.99. The van der Waals surface area contributed by atoms with Crippen LogP contribution in [0, 0.1) is 0 Å². The molecule has 9 nitrogen and oxygen atoms in total. The normalized spacial score (nSPS) is 10.9. The maximum atomic E-state index is 12.3. The monoisotopic (exact) mass is 334 g/mol. The zero-order valence-electron chi connectivity index (χ0n) is 13.1. The molecule has 0 saturated carbocycles. The van der Waals surface area contributed by atoms with Crippen molar-refractivity contribution < 1.29 is 4.79 Å². The molecule has 0 aliphatic carbocycles. The summed E-state index contributed by atoms with van der Waals surface area (Å²) in [6.45, 7) is 0.454. The first-order valence-corrected chi connectivity index (χ1v) is 7.69. The van der Waals surface area contributed by atoms with Crippen LogP contribution < -0.4 is 5.32 Å². The average molecular weight is 334 g/mol. The first-order valence-electron chi connectivity index (χ1n) is 7.69. The first kappa shape index (κ1) is 14.9. The molecule has 0 saturated heterocycles. The zero-order chi connectivity index (χ0) is 17.1. The molecule has 0 aromatic carbocycles. The smallest absolute Gasteiger partial charge is 0.251 e. The molecule has 0 unspecified atom stereocenters. The van der Waals surface area contributed by atoms with E-state index in [0.29, 0.717) is 24.3 Å². The van der Waals surface area contributed by atoms with Crippen LogP contribution in [-0.2, 0) is 6.42 Å². The quantitative estimate of drug-likeness (QED) is 0.576. The number of hydrogen-bond acceptors (Lipinski definition) is 6. The van der Waals surface area contributed by atoms with E-state index in [9.17, 15) is 4.79 Å². The van der Waals surface area contributed by atoms with Gasteiger partial charge in [0, 0.05) is 30.9 Å². The summed E-state index contributed by atoms with van der Waals surface area (Å²) in [6, 6.07) is 9.03. The minimum atomic E-state index is -0.183. The molecule has 0 radical (unpaired) electrons. The maximum absolute atomic E-state index is 12.3. The van der Waals surface area contributed by atoms with Crippen LogP contribution in [0.25, 0.3) is 11.5 Å². The molecule has 0 aliphatic rings. The summed E-state index contributed by atoms with van der Waals surface area (Å²) in [5.41, 5.74) is 1.29. The number of nitrogens with zero attached hydrogens (tertiary/aromatic N) is 7. The highest BCUT2D eigenvalue weighted by molar-refractivity contribution is 5.94. The third kappa shape index (κ3) is 3.07. The molecule has 0 atom stereocenters. The Labute approximate surface area is 142 Å². The van der Waals surface area contributed by atoms with Gasteiger partial charge in [-0.15, -0.1) is 10.2 Å². The fraction of sp³-hybridized carbons (Fsp3) is 0.125. The van der Waals surface area contributed by atoms with Crippen LogP contribution in [0.15, 0.2) is 55.4 Å². The van der Waals surface area contributed by atoms with E-state index in [2.05, 4.69) is 30.6 Å². The highest BCUT2D eigenvalue weighted by atomic mass is 16.1. The van der Waals surface area contributed by atoms with E-state index in [4.69, 9.17) is 0 Å². The van der Waals surface area contributed by atoms with Crippen molar-refractivity contribution in [1.82, 2.24) is 39.7 Å². The molecule has 1 N–H and O–H groups in total. The minimum absolute atomic E-state index is 0.183. The van der Waals surface area contributed by atoms with Gasteiger partial charge in [-0.2, -0.15) is 5.10 Å². The Morgan fingerprint density at radius 2 is 2.16 bits per heavy atom. The van der Waals surface area contributed by atoms with Crippen molar-refractivity contribution in [3.8, 4) is 5.82 Å². The molecular formula is C16H14N8O. The summed E-state index contributed by atoms with van der Waals surface area (Å²) in [5, 5.41) is 15.1. The van der Waals surface area contributed by atoms with Gasteiger partial charge in [-0.3, -0.25) is 9.20 Å². The molecule has 0 aliphatic heterocycles. The van der Waals surface area contributed by atoms with Gasteiger partial charge in [-0.05, 0) is 24.3 Å². The molecule has 0 fully saturated rings. The van der Waals surface area contributed by atoms with Crippen LogP contribution in [0.1, 0.15) is 16.2 Å². The predicted molar refractivity (Wildman–Crippen MR) is 88.2 cm³/mol. The molecule has 4 rings (SSSR count). The summed E-state index contributed by atoms with van der Waals surface area (Å²) < 4.78 is 3.40. The Kier molecular flexibility index (Phi) is 3.87. The SMILES string of the molecule is O=C(NCCc1nnc2ccccn12)c1ccnc(-n2cncn2)c1. The Bertz CT molecular complexity index is 1010. The van der Waals surface area contributed by atoms with Crippen molar-refractivity contribution in [2.45, 2.75) is 6.42 Å². The van der Waals surface area contributed by atoms with Crippen molar-refractivity contribution in [1.29, 1.82) is 0 Å². The van der Waals surface area contributed by atoms with E-state index < -0.39 is 0 Å². The Morgan fingerprint density at radius 3 is 3.04 bits per heavy atom. The predicted octanol–water partition coefficient (Wildman–Crippen LogP) is 0.677. The van der Waals surface area contributed by atoms with Gasteiger partial charge < -0.3 is 5.32 Å². The van der Waals surface area contributed by atoms with E-state index >= 15 is 0 Å². The number of hydrogen-bond donors (Lipinski definition) is 1. The second-order valence-corrected chi connectivity index (χ2v) is 5.29. The molecule has 25 heavy (non-hydrogen) atoms. The molecular weight excluding hydrogens is 320 g/mol. The molecule has 4 heterocycles. The summed E-state index contributed by atoms with van der Waals surface area (Å²) >= 11 is 0. The van der Waals surface area contributed by atoms with Gasteiger partial charge in [0.15, 0.2) is 11.5 Å². The van der Waals surface area contributed by atoms with Crippen LogP contribution in [0.2, 0.25) is 0 Å². The highest BCUT2D eigenvalue weighted by Crippen LogP contribution is 2.06. The van der Waals surface area contributed by atoms with Crippen molar-refractivity contribution in [3.05, 3.63) is 66.8 Å². The molecule has 4 aromatic heterocycles. The highest BCUT2D eigenvalue weighted by Gasteiger charge is 2.09. The number of carbonyl (C=O) groups is 1. The molecule has 4 aromatic rings. The van der Waals surface area contributed by atoms with E-state index in [1.807, 2.05) is 28.8 Å². The van der Waals surface area contributed by atoms with Gasteiger partial charge in [-0.25, -0.2) is 14.6 Å². The Balaban J connectivity index is 1.42. The van der Waals surface area contributed by atoms with Crippen LogP contribution in [0.5, 0.6) is 0 Å². The number of aromatic nitrogens is 7. The van der Waals surface area contributed by atoms with Gasteiger partial charge in [0.1, 0.15) is 18.5 Å². The second-order valence-electron chi connectivity index (χ2n) is 5.29. The second kappa shape index (κ2) is 6.48. The lowest BCUT2D eigenvalue weighted by Crippen LogP contribution is -2.26. The van der Waals surface area contributed by atoms with Gasteiger partial charge in [0.25, 0.3) is 5.91 Å². The van der Waals surface area contributed by atoms with Gasteiger partial charge >= 0.3 is 0 Å². The fourth-order valence-corrected chi connectivity index (χ4v) is 2.46. The molecule has 124 valence electrons. The van der Waals surface area contributed by atoms with Crippen LogP contribution in [-0.4, -0.2) is 46.8 Å². The standard InChI is InChI=1S/C16H14N8O/c25-16(12-4-6-18-15(9-12)24-11-17-10-20-24)19-7-5-14-22-21-13-3-1-2-8-23(13)14/h1-4,6,8-11H,5,7H2,(H,19,25). The number of rotatable bonds is 5. The summed E-state index contributed by atoms with van der Waals surface area (Å²) in [7, 11) is 0. The number of carbonyl (C=O) groups excluding carboxylic acids is 1. The summed E-state index contributed by atoms with van der Waals surface area (Å²) in [5.74, 6) is 1.15. The lowest BCUT2D eigenvalue weighted by molar-refractivity contribution is 0.0954. The van der Waals surface area contributed by atoms with Crippen molar-refractivity contribution >= 4 is 11.6 Å². The molecule has 0 spiro atoms. The zero-order valence-corrected chi connectivity index (χ0v) is 13.1. The van der Waals surface area contributed by atoms with E-state index in [1.54, 1.807) is 18.3 Å². The third-order valence-corrected chi connectivity index (χ3v) is 3.68. The van der Waals surface area contributed by atoms with Crippen molar-refractivity contribution in [2.24, 2.45) is 0 Å². The maximum Gasteiger partial charge on any atom is 0.251 e. The van der Waals surface area contributed by atoms with Crippen LogP contribution in [0.4, 0.5) is 0 Å². The van der Waals surface area contributed by atoms with Crippen LogP contribution in [0.3, 0.4) is 0 Å². The Morgan fingerprint density at radius 1 is 1.20 bits per heavy atom. The van der Waals surface area contributed by atoms with E-state index in [-0.39, 0.29) is 5.91 Å². The van der Waals surface area contributed by atoms with Gasteiger partial charge in [-0.1, -0.05) is 6.07 Å². The fourth-order valence-electron chi connectivity index (χ4n) is 2.46. The largest absolute Gasteiger partial charge is 0.352 e. The summed E-state index contributed by atoms with van der Waals surface area (Å²) in [4.78, 5) is 20.4. The molecule has 9 heteroatoms. The number of amides is 1. The van der Waals surface area contributed by atoms with Crippen LogP contribution >= 0.6 is 0 Å².